The number of nitrogens with two attached hydrogens (primary N) is 1. The molecule has 0 aromatic carbocycles. The summed E-state index contributed by atoms with van der Waals surface area (Å²) in [5, 5.41) is 3.06. The minimum absolute atomic E-state index is 0.0784. The van der Waals surface area contributed by atoms with Crippen molar-refractivity contribution in [3.05, 3.63) is 0 Å². The highest BCUT2D eigenvalue weighted by molar-refractivity contribution is 7.80. The minimum atomic E-state index is -0.399. The van der Waals surface area contributed by atoms with E-state index in [1.54, 1.807) is 0 Å². The Morgan fingerprint density at radius 3 is 2.29 bits per heavy atom. The summed E-state index contributed by atoms with van der Waals surface area (Å²) >= 11 is 5.11. The number of rotatable bonds is 4. The van der Waals surface area contributed by atoms with E-state index in [0.717, 1.165) is 32.1 Å². The lowest BCUT2D eigenvalue weighted by molar-refractivity contribution is -0.122. The third-order valence-electron chi connectivity index (χ3n) is 3.41. The molecule has 0 bridgehead atoms. The van der Waals surface area contributed by atoms with Gasteiger partial charge in [0.1, 0.15) is 0 Å². The maximum absolute atomic E-state index is 11.9. The molecule has 0 atom stereocenters. The molecule has 17 heavy (non-hydrogen) atoms. The second-order valence-corrected chi connectivity index (χ2v) is 6.70. The molecule has 1 aliphatic carbocycles. The number of hydrogen-bond donors (Lipinski definition) is 2. The van der Waals surface area contributed by atoms with Crippen LogP contribution in [0.1, 0.15) is 59.3 Å². The van der Waals surface area contributed by atoms with E-state index in [0.29, 0.717) is 11.4 Å². The van der Waals surface area contributed by atoms with Gasteiger partial charge in [-0.3, -0.25) is 4.79 Å². The van der Waals surface area contributed by atoms with Gasteiger partial charge >= 0.3 is 0 Å². The third-order valence-corrected chi connectivity index (χ3v) is 3.80. The lowest BCUT2D eigenvalue weighted by Gasteiger charge is -2.29. The van der Waals surface area contributed by atoms with Crippen molar-refractivity contribution in [3.63, 3.8) is 0 Å². The van der Waals surface area contributed by atoms with Crippen molar-refractivity contribution in [2.24, 2.45) is 11.1 Å². The number of carbonyl (C=O) groups excluding carboxylic acids is 1. The topological polar surface area (TPSA) is 55.1 Å². The van der Waals surface area contributed by atoms with Crippen molar-refractivity contribution in [3.8, 4) is 0 Å². The van der Waals surface area contributed by atoms with Gasteiger partial charge in [-0.15, -0.1) is 0 Å². The van der Waals surface area contributed by atoms with Crippen molar-refractivity contribution in [2.75, 3.05) is 0 Å². The number of carbonyl (C=O) groups is 1. The zero-order valence-electron chi connectivity index (χ0n) is 11.1. The standard InChI is InChI=1S/C13H24N2OS/c1-12(2,3)9-6-10(16)15-13(11(14)17)7-4-5-8-13/h4-9H2,1-3H3,(H2,14,17)(H,15,16). The van der Waals surface area contributed by atoms with Gasteiger partial charge < -0.3 is 11.1 Å². The first-order chi connectivity index (χ1) is 7.75. The van der Waals surface area contributed by atoms with Gasteiger partial charge in [0.2, 0.25) is 5.91 Å². The molecule has 4 heteroatoms. The van der Waals surface area contributed by atoms with E-state index in [1.165, 1.54) is 0 Å². The van der Waals surface area contributed by atoms with Crippen LogP contribution in [-0.4, -0.2) is 16.4 Å². The Labute approximate surface area is 110 Å². The zero-order valence-corrected chi connectivity index (χ0v) is 12.0. The first-order valence-corrected chi connectivity index (χ1v) is 6.77. The second kappa shape index (κ2) is 5.34. The van der Waals surface area contributed by atoms with Crippen LogP contribution < -0.4 is 11.1 Å². The van der Waals surface area contributed by atoms with Gasteiger partial charge in [0.05, 0.1) is 10.5 Å². The van der Waals surface area contributed by atoms with Crippen LogP contribution in [0.2, 0.25) is 0 Å². The van der Waals surface area contributed by atoms with E-state index >= 15 is 0 Å². The smallest absolute Gasteiger partial charge is 0.220 e. The van der Waals surface area contributed by atoms with Gasteiger partial charge in [-0.25, -0.2) is 0 Å². The molecule has 3 nitrogen and oxygen atoms in total. The molecule has 1 amide bonds. The largest absolute Gasteiger partial charge is 0.391 e. The predicted octanol–water partition coefficient (Wildman–Crippen LogP) is 2.53. The Morgan fingerprint density at radius 1 is 1.35 bits per heavy atom. The lowest BCUT2D eigenvalue weighted by atomic mass is 9.90. The molecule has 1 saturated carbocycles. The molecule has 1 rings (SSSR count). The van der Waals surface area contributed by atoms with Crippen LogP contribution in [0.25, 0.3) is 0 Å². The highest BCUT2D eigenvalue weighted by atomic mass is 32.1. The number of nitrogens with one attached hydrogen (secondary N) is 1. The maximum Gasteiger partial charge on any atom is 0.220 e. The van der Waals surface area contributed by atoms with Crippen LogP contribution >= 0.6 is 12.2 Å². The molecule has 0 aliphatic heterocycles. The molecule has 98 valence electrons. The normalized spacial score (nSPS) is 19.0. The summed E-state index contributed by atoms with van der Waals surface area (Å²) in [6, 6.07) is 0. The van der Waals surface area contributed by atoms with E-state index in [4.69, 9.17) is 18.0 Å². The van der Waals surface area contributed by atoms with Crippen LogP contribution in [0.5, 0.6) is 0 Å². The predicted molar refractivity (Wildman–Crippen MR) is 74.8 cm³/mol. The summed E-state index contributed by atoms with van der Waals surface area (Å²) in [5.74, 6) is 0.0784. The van der Waals surface area contributed by atoms with Gasteiger partial charge in [0, 0.05) is 6.42 Å². The highest BCUT2D eigenvalue weighted by Gasteiger charge is 2.38. The highest BCUT2D eigenvalue weighted by Crippen LogP contribution is 2.30. The summed E-state index contributed by atoms with van der Waals surface area (Å²) in [4.78, 5) is 12.4. The summed E-state index contributed by atoms with van der Waals surface area (Å²) in [5.41, 5.74) is 5.57. The van der Waals surface area contributed by atoms with E-state index in [9.17, 15) is 4.79 Å². The number of amides is 1. The van der Waals surface area contributed by atoms with Gasteiger partial charge in [-0.05, 0) is 24.7 Å². The molecular weight excluding hydrogens is 232 g/mol. The number of hydrogen-bond acceptors (Lipinski definition) is 2. The third kappa shape index (κ3) is 4.26. The van der Waals surface area contributed by atoms with Gasteiger partial charge in [-0.1, -0.05) is 45.8 Å². The van der Waals surface area contributed by atoms with Crippen LogP contribution in [0.4, 0.5) is 0 Å². The molecule has 0 saturated heterocycles. The van der Waals surface area contributed by atoms with Crippen molar-refractivity contribution >= 4 is 23.1 Å². The molecule has 0 spiro atoms. The minimum Gasteiger partial charge on any atom is -0.391 e. The summed E-state index contributed by atoms with van der Waals surface area (Å²) in [6.07, 6.45) is 5.40. The first-order valence-electron chi connectivity index (χ1n) is 6.36. The maximum atomic E-state index is 11.9. The van der Waals surface area contributed by atoms with Crippen molar-refractivity contribution in [1.82, 2.24) is 5.32 Å². The Hall–Kier alpha value is -0.640. The first kappa shape index (κ1) is 14.4. The van der Waals surface area contributed by atoms with Gasteiger partial charge in [0.25, 0.3) is 0 Å². The Morgan fingerprint density at radius 2 is 1.88 bits per heavy atom. The monoisotopic (exact) mass is 256 g/mol. The summed E-state index contributed by atoms with van der Waals surface area (Å²) < 4.78 is 0. The molecule has 0 heterocycles. The molecule has 1 aliphatic rings. The average Bonchev–Trinajstić information content (AvgIpc) is 2.63. The fourth-order valence-electron chi connectivity index (χ4n) is 2.23. The SMILES string of the molecule is CC(C)(C)CCC(=O)NC1(C(N)=S)CCCC1. The second-order valence-electron chi connectivity index (χ2n) is 6.26. The Bertz CT molecular complexity index is 301. The molecule has 1 fully saturated rings. The van der Waals surface area contributed by atoms with Crippen molar-refractivity contribution < 1.29 is 4.79 Å². The van der Waals surface area contributed by atoms with E-state index in [1.807, 2.05) is 0 Å². The quantitative estimate of drug-likeness (QED) is 0.760. The molecule has 3 N–H and O–H groups in total. The summed E-state index contributed by atoms with van der Waals surface area (Å²) in [6.45, 7) is 6.41. The fourth-order valence-corrected chi connectivity index (χ4v) is 2.48. The molecule has 0 aromatic heterocycles. The molecule has 0 unspecified atom stereocenters. The molecule has 0 aromatic rings. The van der Waals surface area contributed by atoms with E-state index in [-0.39, 0.29) is 11.3 Å². The lowest BCUT2D eigenvalue weighted by Crippen LogP contribution is -2.54. The molecular formula is C13H24N2OS. The Kier molecular flexibility index (Phi) is 4.53. The van der Waals surface area contributed by atoms with E-state index < -0.39 is 5.54 Å². The van der Waals surface area contributed by atoms with Crippen LogP contribution in [0.15, 0.2) is 0 Å². The van der Waals surface area contributed by atoms with Gasteiger partial charge in [0.15, 0.2) is 0 Å². The van der Waals surface area contributed by atoms with Crippen LogP contribution in [0.3, 0.4) is 0 Å². The molecule has 0 radical (unpaired) electrons. The Balaban J connectivity index is 2.51. The fraction of sp³-hybridized carbons (Fsp3) is 0.846. The van der Waals surface area contributed by atoms with Crippen LogP contribution in [0, 0.1) is 5.41 Å². The van der Waals surface area contributed by atoms with Gasteiger partial charge in [-0.2, -0.15) is 0 Å². The van der Waals surface area contributed by atoms with E-state index in [2.05, 4.69) is 26.1 Å². The van der Waals surface area contributed by atoms with Crippen LogP contribution in [-0.2, 0) is 4.79 Å². The number of thiocarbonyl (C=S) groups is 1. The van der Waals surface area contributed by atoms with Crippen molar-refractivity contribution in [1.29, 1.82) is 0 Å². The van der Waals surface area contributed by atoms with Crippen molar-refractivity contribution in [2.45, 2.75) is 64.8 Å². The average molecular weight is 256 g/mol. The summed E-state index contributed by atoms with van der Waals surface area (Å²) in [7, 11) is 0. The zero-order chi connectivity index (χ0) is 13.1.